The highest BCUT2D eigenvalue weighted by Crippen LogP contribution is 2.64. The van der Waals surface area contributed by atoms with Gasteiger partial charge in [0.2, 0.25) is 0 Å². The molecule has 0 radical (unpaired) electrons. The van der Waals surface area contributed by atoms with E-state index in [0.717, 1.165) is 50.4 Å². The summed E-state index contributed by atoms with van der Waals surface area (Å²) in [6, 6.07) is 75.8. The number of hydrogen-bond acceptors (Lipinski definition) is 3. The van der Waals surface area contributed by atoms with Crippen molar-refractivity contribution in [2.24, 2.45) is 0 Å². The lowest BCUT2D eigenvalue weighted by Crippen LogP contribution is -2.26. The molecule has 274 valence electrons. The number of fused-ring (bicyclic) bond motifs is 12. The maximum absolute atomic E-state index is 5.67. The first-order valence-electron chi connectivity index (χ1n) is 20.2. The Morgan fingerprint density at radius 1 is 0.288 bits per heavy atom. The van der Waals surface area contributed by atoms with Gasteiger partial charge in [-0.05, 0) is 50.4 Å². The summed E-state index contributed by atoms with van der Waals surface area (Å²) in [5.41, 5.74) is 18.7. The molecule has 0 saturated carbocycles. The molecule has 2 heterocycles. The van der Waals surface area contributed by atoms with E-state index in [2.05, 4.69) is 200 Å². The van der Waals surface area contributed by atoms with Gasteiger partial charge in [0.05, 0.1) is 28.2 Å². The number of hydrogen-bond donors (Lipinski definition) is 0. The summed E-state index contributed by atoms with van der Waals surface area (Å²) in [5, 5.41) is 2.36. The molecule has 3 heteroatoms. The van der Waals surface area contributed by atoms with Gasteiger partial charge in [0.1, 0.15) is 0 Å². The number of rotatable bonds is 5. The first-order valence-corrected chi connectivity index (χ1v) is 20.2. The van der Waals surface area contributed by atoms with E-state index in [1.807, 2.05) is 12.1 Å². The van der Waals surface area contributed by atoms with Crippen LogP contribution in [0.3, 0.4) is 0 Å². The molecule has 2 aromatic heterocycles. The Morgan fingerprint density at radius 2 is 0.712 bits per heavy atom. The summed E-state index contributed by atoms with van der Waals surface area (Å²) >= 11 is 0. The van der Waals surface area contributed by atoms with Gasteiger partial charge in [0.15, 0.2) is 5.82 Å². The topological polar surface area (TPSA) is 38.7 Å². The molecule has 0 unspecified atom stereocenters. The maximum Gasteiger partial charge on any atom is 0.160 e. The fourth-order valence-electron chi connectivity index (χ4n) is 9.73. The number of aromatic nitrogens is 3. The van der Waals surface area contributed by atoms with E-state index in [0.29, 0.717) is 5.82 Å². The molecule has 0 saturated heterocycles. The van der Waals surface area contributed by atoms with Crippen molar-refractivity contribution in [3.63, 3.8) is 0 Å². The second-order valence-electron chi connectivity index (χ2n) is 15.5. The Bertz CT molecular complexity index is 3200. The third-order valence-electron chi connectivity index (χ3n) is 12.3. The molecule has 1 spiro atoms. The van der Waals surface area contributed by atoms with Gasteiger partial charge in [-0.25, -0.2) is 15.0 Å². The summed E-state index contributed by atoms with van der Waals surface area (Å²) in [6.07, 6.45) is 0. The summed E-state index contributed by atoms with van der Waals surface area (Å²) in [4.78, 5) is 16.0. The zero-order chi connectivity index (χ0) is 38.9. The Labute approximate surface area is 343 Å². The molecule has 10 aromatic rings. The molecule has 2 aliphatic rings. The first-order chi connectivity index (χ1) is 29.3. The van der Waals surface area contributed by atoms with E-state index in [-0.39, 0.29) is 0 Å². The molecule has 8 aromatic carbocycles. The average molecular weight is 750 g/mol. The zero-order valence-electron chi connectivity index (χ0n) is 32.0. The van der Waals surface area contributed by atoms with Crippen molar-refractivity contribution in [2.45, 2.75) is 5.41 Å². The first kappa shape index (κ1) is 33.4. The van der Waals surface area contributed by atoms with Crippen molar-refractivity contribution in [3.05, 3.63) is 235 Å². The van der Waals surface area contributed by atoms with Gasteiger partial charge in [-0.15, -0.1) is 0 Å². The molecule has 0 aliphatic heterocycles. The summed E-state index contributed by atoms with van der Waals surface area (Å²) in [6.45, 7) is 0. The lowest BCUT2D eigenvalue weighted by molar-refractivity contribution is 0.799. The predicted molar refractivity (Wildman–Crippen MR) is 241 cm³/mol. The molecule has 3 nitrogen and oxygen atoms in total. The smallest absolute Gasteiger partial charge is 0.160 e. The zero-order valence-corrected chi connectivity index (χ0v) is 32.0. The van der Waals surface area contributed by atoms with E-state index in [4.69, 9.17) is 15.0 Å². The monoisotopic (exact) mass is 749 g/mol. The lowest BCUT2D eigenvalue weighted by atomic mass is 9.69. The van der Waals surface area contributed by atoms with Crippen LogP contribution in [-0.2, 0) is 5.41 Å². The SMILES string of the molecule is c1ccc(-c2ccc(-c3cc(-c4ccccc4)nc(-c4ccc(-c5nc6c(c7ccccc57)C5(c7ccccc7-c7ccccc75)c5ccccc5-6)cc4)n3)cc2)cc1. The Hall–Kier alpha value is -7.75. The van der Waals surface area contributed by atoms with E-state index < -0.39 is 5.41 Å². The van der Waals surface area contributed by atoms with Gasteiger partial charge in [0, 0.05) is 38.8 Å². The molecular weight excluding hydrogens is 715 g/mol. The van der Waals surface area contributed by atoms with Crippen LogP contribution in [0.15, 0.2) is 212 Å². The fraction of sp³-hybridized carbons (Fsp3) is 0.0179. The molecule has 0 amide bonds. The van der Waals surface area contributed by atoms with Crippen molar-refractivity contribution in [3.8, 4) is 78.7 Å². The van der Waals surface area contributed by atoms with E-state index in [9.17, 15) is 0 Å². The number of benzene rings is 8. The molecule has 2 aliphatic carbocycles. The van der Waals surface area contributed by atoms with Gasteiger partial charge in [-0.1, -0.05) is 206 Å². The third-order valence-corrected chi connectivity index (χ3v) is 12.3. The van der Waals surface area contributed by atoms with Crippen LogP contribution in [0.4, 0.5) is 0 Å². The largest absolute Gasteiger partial charge is 0.247 e. The van der Waals surface area contributed by atoms with Crippen LogP contribution in [0.5, 0.6) is 0 Å². The normalized spacial score (nSPS) is 12.9. The molecular formula is C56H35N3. The quantitative estimate of drug-likeness (QED) is 0.176. The van der Waals surface area contributed by atoms with Crippen molar-refractivity contribution < 1.29 is 0 Å². The minimum absolute atomic E-state index is 0.464. The van der Waals surface area contributed by atoms with Crippen molar-refractivity contribution in [2.75, 3.05) is 0 Å². The van der Waals surface area contributed by atoms with Gasteiger partial charge in [-0.3, -0.25) is 0 Å². The van der Waals surface area contributed by atoms with Gasteiger partial charge >= 0.3 is 0 Å². The van der Waals surface area contributed by atoms with Crippen molar-refractivity contribution >= 4 is 10.8 Å². The van der Waals surface area contributed by atoms with Crippen LogP contribution < -0.4 is 0 Å². The molecule has 12 rings (SSSR count). The van der Waals surface area contributed by atoms with Crippen LogP contribution in [-0.4, -0.2) is 15.0 Å². The minimum atomic E-state index is -0.464. The molecule has 0 atom stereocenters. The Balaban J connectivity index is 1.00. The second kappa shape index (κ2) is 13.2. The van der Waals surface area contributed by atoms with Crippen LogP contribution in [0, 0.1) is 0 Å². The molecule has 59 heavy (non-hydrogen) atoms. The van der Waals surface area contributed by atoms with Crippen LogP contribution in [0.25, 0.3) is 89.4 Å². The summed E-state index contributed by atoms with van der Waals surface area (Å²) in [5.74, 6) is 0.682. The summed E-state index contributed by atoms with van der Waals surface area (Å²) < 4.78 is 0. The highest BCUT2D eigenvalue weighted by Gasteiger charge is 2.53. The van der Waals surface area contributed by atoms with Crippen molar-refractivity contribution in [1.82, 2.24) is 15.0 Å². The third kappa shape index (κ3) is 5.05. The maximum atomic E-state index is 5.67. The summed E-state index contributed by atoms with van der Waals surface area (Å²) in [7, 11) is 0. The predicted octanol–water partition coefficient (Wildman–Crippen LogP) is 13.7. The number of nitrogens with zero attached hydrogens (tertiary/aromatic N) is 3. The lowest BCUT2D eigenvalue weighted by Gasteiger charge is -2.31. The Morgan fingerprint density at radius 3 is 1.34 bits per heavy atom. The van der Waals surface area contributed by atoms with E-state index in [1.165, 1.54) is 55.5 Å². The van der Waals surface area contributed by atoms with Crippen LogP contribution >= 0.6 is 0 Å². The molecule has 0 N–H and O–H groups in total. The standard InChI is InChI=1S/C56H35N3/c1-3-15-36(16-4-1)37-27-29-39(30-28-37)51-35-50(38-17-5-2-6-18-38)57-55(58-51)41-33-31-40(32-34-41)53-45-22-8-7-21-44(45)52-54(59-53)46-23-11-14-26-49(46)56(52)47-24-12-9-19-42(47)43-20-10-13-25-48(43)56/h1-35H. The van der Waals surface area contributed by atoms with Gasteiger partial charge in [-0.2, -0.15) is 0 Å². The average Bonchev–Trinajstić information content (AvgIpc) is 3.79. The number of pyridine rings is 1. The fourth-order valence-corrected chi connectivity index (χ4v) is 9.73. The van der Waals surface area contributed by atoms with Crippen LogP contribution in [0.2, 0.25) is 0 Å². The highest BCUT2D eigenvalue weighted by atomic mass is 14.9. The van der Waals surface area contributed by atoms with E-state index in [1.54, 1.807) is 0 Å². The molecule has 0 fully saturated rings. The van der Waals surface area contributed by atoms with Crippen molar-refractivity contribution in [1.29, 1.82) is 0 Å². The van der Waals surface area contributed by atoms with E-state index >= 15 is 0 Å². The second-order valence-corrected chi connectivity index (χ2v) is 15.5. The van der Waals surface area contributed by atoms with Crippen LogP contribution in [0.1, 0.15) is 22.3 Å². The van der Waals surface area contributed by atoms with Gasteiger partial charge in [0.25, 0.3) is 0 Å². The highest BCUT2D eigenvalue weighted by molar-refractivity contribution is 6.06. The van der Waals surface area contributed by atoms with Gasteiger partial charge < -0.3 is 0 Å². The minimum Gasteiger partial charge on any atom is -0.247 e. The Kier molecular flexibility index (Phi) is 7.45. The molecule has 0 bridgehead atoms.